The summed E-state index contributed by atoms with van der Waals surface area (Å²) in [5, 5.41) is 0. The minimum Gasteiger partial charge on any atom is -0.467 e. The maximum atomic E-state index is 11.6. The van der Waals surface area contributed by atoms with Crippen LogP contribution in [0, 0.1) is 0 Å². The van der Waals surface area contributed by atoms with Gasteiger partial charge in [-0.05, 0) is 13.8 Å². The van der Waals surface area contributed by atoms with Crippen molar-refractivity contribution < 1.29 is 33.3 Å². The van der Waals surface area contributed by atoms with Crippen LogP contribution < -0.4 is 0 Å². The molecule has 0 aromatic rings. The zero-order chi connectivity index (χ0) is 14.0. The van der Waals surface area contributed by atoms with Gasteiger partial charge in [0.05, 0.1) is 7.11 Å². The van der Waals surface area contributed by atoms with E-state index in [2.05, 4.69) is 4.74 Å². The average molecular weight is 262 g/mol. The number of carbonyl (C=O) groups excluding carboxylic acids is 2. The summed E-state index contributed by atoms with van der Waals surface area (Å²) in [6.45, 7) is 3.11. The lowest BCUT2D eigenvalue weighted by Crippen LogP contribution is -2.67. The van der Waals surface area contributed by atoms with Gasteiger partial charge in [-0.3, -0.25) is 0 Å². The largest absolute Gasteiger partial charge is 0.467 e. The molecule has 4 atom stereocenters. The van der Waals surface area contributed by atoms with E-state index in [-0.39, 0.29) is 0 Å². The van der Waals surface area contributed by atoms with E-state index in [4.69, 9.17) is 18.9 Å². The SMILES string of the molecule is COC(=O)[C@H]1O[C@@](C)(OC)[C@](C)(OC)O[C@H]1C=O. The number of hydrogen-bond donors (Lipinski definition) is 0. The summed E-state index contributed by atoms with van der Waals surface area (Å²) in [5.74, 6) is -3.38. The Morgan fingerprint density at radius 2 is 1.61 bits per heavy atom. The van der Waals surface area contributed by atoms with Crippen molar-refractivity contribution in [2.24, 2.45) is 0 Å². The molecule has 104 valence electrons. The number of rotatable bonds is 4. The van der Waals surface area contributed by atoms with Crippen LogP contribution in [0.25, 0.3) is 0 Å². The zero-order valence-electron chi connectivity index (χ0n) is 11.1. The second kappa shape index (κ2) is 5.31. The van der Waals surface area contributed by atoms with Gasteiger partial charge in [0.2, 0.25) is 11.6 Å². The lowest BCUT2D eigenvalue weighted by Gasteiger charge is -2.49. The molecular weight excluding hydrogens is 244 g/mol. The third-order valence-corrected chi connectivity index (χ3v) is 3.18. The van der Waals surface area contributed by atoms with Crippen molar-refractivity contribution in [1.29, 1.82) is 0 Å². The Hall–Kier alpha value is -1.02. The van der Waals surface area contributed by atoms with Crippen molar-refractivity contribution in [3.05, 3.63) is 0 Å². The Morgan fingerprint density at radius 1 is 1.11 bits per heavy atom. The highest BCUT2D eigenvalue weighted by molar-refractivity contribution is 5.80. The Morgan fingerprint density at radius 3 is 2.00 bits per heavy atom. The van der Waals surface area contributed by atoms with Gasteiger partial charge < -0.3 is 28.5 Å². The average Bonchev–Trinajstić information content (AvgIpc) is 2.40. The predicted octanol–water partition coefficient (Wildman–Crippen LogP) is -0.133. The van der Waals surface area contributed by atoms with Gasteiger partial charge in [0.1, 0.15) is 0 Å². The highest BCUT2D eigenvalue weighted by atomic mass is 16.8. The molecule has 0 aliphatic carbocycles. The maximum Gasteiger partial charge on any atom is 0.338 e. The first-order chi connectivity index (χ1) is 8.37. The van der Waals surface area contributed by atoms with Crippen molar-refractivity contribution >= 4 is 12.3 Å². The number of hydrogen-bond acceptors (Lipinski definition) is 7. The summed E-state index contributed by atoms with van der Waals surface area (Å²) in [4.78, 5) is 22.5. The smallest absolute Gasteiger partial charge is 0.338 e. The van der Waals surface area contributed by atoms with Crippen LogP contribution in [-0.4, -0.2) is 57.4 Å². The Labute approximate surface area is 105 Å². The molecule has 0 radical (unpaired) electrons. The van der Waals surface area contributed by atoms with Gasteiger partial charge >= 0.3 is 5.97 Å². The van der Waals surface area contributed by atoms with E-state index in [1.807, 2.05) is 0 Å². The fraction of sp³-hybridized carbons (Fsp3) is 0.818. The fourth-order valence-corrected chi connectivity index (χ4v) is 1.71. The maximum absolute atomic E-state index is 11.6. The van der Waals surface area contributed by atoms with Crippen molar-refractivity contribution in [3.8, 4) is 0 Å². The first-order valence-corrected chi connectivity index (χ1v) is 5.36. The molecule has 0 spiro atoms. The van der Waals surface area contributed by atoms with Gasteiger partial charge in [-0.25, -0.2) is 4.79 Å². The van der Waals surface area contributed by atoms with Crippen molar-refractivity contribution in [2.75, 3.05) is 21.3 Å². The number of carbonyl (C=O) groups is 2. The Bertz CT molecular complexity index is 331. The molecule has 1 fully saturated rings. The van der Waals surface area contributed by atoms with Crippen LogP contribution >= 0.6 is 0 Å². The first-order valence-electron chi connectivity index (χ1n) is 5.36. The van der Waals surface area contributed by atoms with Crippen molar-refractivity contribution in [3.63, 3.8) is 0 Å². The molecule has 0 unspecified atom stereocenters. The lowest BCUT2D eigenvalue weighted by atomic mass is 10.0. The van der Waals surface area contributed by atoms with E-state index in [1.54, 1.807) is 13.8 Å². The normalized spacial score (nSPS) is 40.3. The monoisotopic (exact) mass is 262 g/mol. The Kier molecular flexibility index (Phi) is 4.44. The summed E-state index contributed by atoms with van der Waals surface area (Å²) in [6.07, 6.45) is -1.85. The molecule has 7 nitrogen and oxygen atoms in total. The molecule has 0 bridgehead atoms. The number of aldehydes is 1. The summed E-state index contributed by atoms with van der Waals surface area (Å²) in [5.41, 5.74) is 0. The number of esters is 1. The minimum absolute atomic E-state index is 0.466. The van der Waals surface area contributed by atoms with Crippen LogP contribution in [0.1, 0.15) is 13.8 Å². The van der Waals surface area contributed by atoms with E-state index in [1.165, 1.54) is 21.3 Å². The van der Waals surface area contributed by atoms with Crippen LogP contribution in [-0.2, 0) is 33.3 Å². The second-order valence-corrected chi connectivity index (χ2v) is 4.08. The van der Waals surface area contributed by atoms with Gasteiger partial charge in [0, 0.05) is 14.2 Å². The molecule has 0 saturated carbocycles. The summed E-state index contributed by atoms with van der Waals surface area (Å²) >= 11 is 0. The molecule has 1 aliphatic rings. The first kappa shape index (κ1) is 15.0. The second-order valence-electron chi connectivity index (χ2n) is 4.08. The van der Waals surface area contributed by atoms with Gasteiger partial charge in [0.25, 0.3) is 0 Å². The third-order valence-electron chi connectivity index (χ3n) is 3.18. The van der Waals surface area contributed by atoms with Crippen molar-refractivity contribution in [1.82, 2.24) is 0 Å². The summed E-state index contributed by atoms with van der Waals surface area (Å²) in [7, 11) is 3.97. The van der Waals surface area contributed by atoms with Gasteiger partial charge in [-0.15, -0.1) is 0 Å². The quantitative estimate of drug-likeness (QED) is 0.515. The summed E-state index contributed by atoms with van der Waals surface area (Å²) < 4.78 is 25.9. The van der Waals surface area contributed by atoms with Crippen LogP contribution in [0.2, 0.25) is 0 Å². The standard InChI is InChI=1S/C11H18O7/c1-10(15-4)11(2,16-5)18-8(9(13)14-3)7(6-12)17-10/h6-8H,1-5H3/t7-,8-,10+,11+/m0/s1. The van der Waals surface area contributed by atoms with E-state index in [9.17, 15) is 9.59 Å². The van der Waals surface area contributed by atoms with E-state index < -0.39 is 29.8 Å². The molecule has 0 aromatic heterocycles. The molecule has 1 heterocycles. The van der Waals surface area contributed by atoms with Crippen LogP contribution in [0.4, 0.5) is 0 Å². The third kappa shape index (κ3) is 2.26. The molecule has 1 saturated heterocycles. The van der Waals surface area contributed by atoms with Crippen molar-refractivity contribution in [2.45, 2.75) is 37.6 Å². The molecule has 1 rings (SSSR count). The highest BCUT2D eigenvalue weighted by Crippen LogP contribution is 2.38. The van der Waals surface area contributed by atoms with Gasteiger partial charge in [-0.2, -0.15) is 0 Å². The van der Waals surface area contributed by atoms with E-state index >= 15 is 0 Å². The Balaban J connectivity index is 3.08. The summed E-state index contributed by atoms with van der Waals surface area (Å²) in [6, 6.07) is 0. The molecular formula is C11H18O7. The zero-order valence-corrected chi connectivity index (χ0v) is 11.1. The molecule has 1 aliphatic heterocycles. The molecule has 7 heteroatoms. The molecule has 0 aromatic carbocycles. The highest BCUT2D eigenvalue weighted by Gasteiger charge is 2.58. The predicted molar refractivity (Wildman–Crippen MR) is 58.7 cm³/mol. The van der Waals surface area contributed by atoms with Crippen LogP contribution in [0.5, 0.6) is 0 Å². The minimum atomic E-state index is -1.35. The van der Waals surface area contributed by atoms with Crippen LogP contribution in [0.3, 0.4) is 0 Å². The lowest BCUT2D eigenvalue weighted by molar-refractivity contribution is -0.436. The van der Waals surface area contributed by atoms with E-state index in [0.29, 0.717) is 6.29 Å². The van der Waals surface area contributed by atoms with Crippen LogP contribution in [0.15, 0.2) is 0 Å². The fourth-order valence-electron chi connectivity index (χ4n) is 1.71. The van der Waals surface area contributed by atoms with E-state index in [0.717, 1.165) is 0 Å². The molecule has 18 heavy (non-hydrogen) atoms. The van der Waals surface area contributed by atoms with Gasteiger partial charge in [-0.1, -0.05) is 0 Å². The molecule has 0 amide bonds. The molecule has 0 N–H and O–H groups in total. The number of ether oxygens (including phenoxy) is 5. The topological polar surface area (TPSA) is 80.3 Å². The number of methoxy groups -OCH3 is 3. The van der Waals surface area contributed by atoms with Gasteiger partial charge in [0.15, 0.2) is 18.5 Å².